The van der Waals surface area contributed by atoms with Crippen molar-refractivity contribution in [1.29, 1.82) is 0 Å². The highest BCUT2D eigenvalue weighted by Gasteiger charge is 2.09. The SMILES string of the molecule is c1ccc(CNCc2ccc(-c3ccc(-[n+]4ccc(-c5cc[n+](Cc6ccccc6)cc5)cc4)cc3)cc2)cc1. The molecular formula is C37H33N3+2. The van der Waals surface area contributed by atoms with Gasteiger partial charge in [0.05, 0.1) is 0 Å². The van der Waals surface area contributed by atoms with Gasteiger partial charge >= 0.3 is 0 Å². The van der Waals surface area contributed by atoms with E-state index in [1.165, 1.54) is 38.9 Å². The van der Waals surface area contributed by atoms with Crippen molar-refractivity contribution in [2.24, 2.45) is 0 Å². The summed E-state index contributed by atoms with van der Waals surface area (Å²) >= 11 is 0. The van der Waals surface area contributed by atoms with Crippen molar-refractivity contribution >= 4 is 0 Å². The fourth-order valence-electron chi connectivity index (χ4n) is 4.93. The van der Waals surface area contributed by atoms with Crippen LogP contribution in [0.1, 0.15) is 16.7 Å². The maximum absolute atomic E-state index is 3.52. The molecule has 0 aliphatic carbocycles. The Bertz CT molecular complexity index is 1630. The van der Waals surface area contributed by atoms with Crippen molar-refractivity contribution in [3.63, 3.8) is 0 Å². The molecule has 0 amide bonds. The van der Waals surface area contributed by atoms with Crippen LogP contribution in [-0.4, -0.2) is 0 Å². The van der Waals surface area contributed by atoms with Crippen molar-refractivity contribution in [3.05, 3.63) is 175 Å². The van der Waals surface area contributed by atoms with Crippen molar-refractivity contribution in [3.8, 4) is 27.9 Å². The minimum Gasteiger partial charge on any atom is -0.309 e. The van der Waals surface area contributed by atoms with Crippen molar-refractivity contribution in [2.75, 3.05) is 0 Å². The molecular weight excluding hydrogens is 486 g/mol. The number of hydrogen-bond donors (Lipinski definition) is 1. The van der Waals surface area contributed by atoms with Gasteiger partial charge in [-0.1, -0.05) is 84.9 Å². The summed E-state index contributed by atoms with van der Waals surface area (Å²) in [4.78, 5) is 0. The second-order valence-electron chi connectivity index (χ2n) is 10.1. The molecule has 6 rings (SSSR count). The van der Waals surface area contributed by atoms with Crippen LogP contribution in [0.3, 0.4) is 0 Å². The maximum atomic E-state index is 3.52. The Kier molecular flexibility index (Phi) is 7.84. The molecule has 2 heterocycles. The molecule has 1 N–H and O–H groups in total. The van der Waals surface area contributed by atoms with Crippen LogP contribution < -0.4 is 14.5 Å². The van der Waals surface area contributed by atoms with Gasteiger partial charge in [-0.2, -0.15) is 4.57 Å². The van der Waals surface area contributed by atoms with E-state index in [0.29, 0.717) is 0 Å². The van der Waals surface area contributed by atoms with Crippen LogP contribution in [0.4, 0.5) is 0 Å². The Hall–Kier alpha value is -4.86. The normalized spacial score (nSPS) is 10.9. The number of hydrogen-bond acceptors (Lipinski definition) is 1. The molecule has 6 aromatic rings. The fourth-order valence-corrected chi connectivity index (χ4v) is 4.93. The number of nitrogens with one attached hydrogen (secondary N) is 1. The summed E-state index contributed by atoms with van der Waals surface area (Å²) in [5, 5.41) is 3.52. The first-order valence-electron chi connectivity index (χ1n) is 13.8. The number of pyridine rings is 2. The number of benzene rings is 4. The fraction of sp³-hybridized carbons (Fsp3) is 0.0811. The molecule has 0 aliphatic rings. The summed E-state index contributed by atoms with van der Waals surface area (Å²) in [6.45, 7) is 2.61. The summed E-state index contributed by atoms with van der Waals surface area (Å²) in [7, 11) is 0. The van der Waals surface area contributed by atoms with E-state index in [2.05, 4.69) is 173 Å². The van der Waals surface area contributed by atoms with Gasteiger partial charge in [0, 0.05) is 55.1 Å². The van der Waals surface area contributed by atoms with Gasteiger partial charge in [-0.3, -0.25) is 0 Å². The summed E-state index contributed by atoms with van der Waals surface area (Å²) in [6.07, 6.45) is 8.56. The second kappa shape index (κ2) is 12.3. The third kappa shape index (κ3) is 6.40. The summed E-state index contributed by atoms with van der Waals surface area (Å²) in [5.41, 5.74) is 9.91. The summed E-state index contributed by atoms with van der Waals surface area (Å²) in [5.74, 6) is 0. The van der Waals surface area contributed by atoms with Crippen LogP contribution in [0.15, 0.2) is 158 Å². The predicted octanol–water partition coefficient (Wildman–Crippen LogP) is 6.92. The van der Waals surface area contributed by atoms with Crippen molar-refractivity contribution < 1.29 is 9.13 Å². The molecule has 2 aromatic heterocycles. The third-order valence-corrected chi connectivity index (χ3v) is 7.22. The highest BCUT2D eigenvalue weighted by atomic mass is 14.9. The highest BCUT2D eigenvalue weighted by Crippen LogP contribution is 2.21. The van der Waals surface area contributed by atoms with Gasteiger partial charge in [0.2, 0.25) is 5.69 Å². The number of rotatable bonds is 9. The Morgan fingerprint density at radius 1 is 0.400 bits per heavy atom. The van der Waals surface area contributed by atoms with E-state index >= 15 is 0 Å². The predicted molar refractivity (Wildman–Crippen MR) is 162 cm³/mol. The molecule has 3 heteroatoms. The topological polar surface area (TPSA) is 19.8 Å². The van der Waals surface area contributed by atoms with E-state index in [4.69, 9.17) is 0 Å². The molecule has 194 valence electrons. The summed E-state index contributed by atoms with van der Waals surface area (Å²) < 4.78 is 4.37. The van der Waals surface area contributed by atoms with Crippen LogP contribution in [0.25, 0.3) is 27.9 Å². The molecule has 0 fully saturated rings. The van der Waals surface area contributed by atoms with E-state index in [-0.39, 0.29) is 0 Å². The van der Waals surface area contributed by atoms with Gasteiger partial charge in [-0.15, -0.1) is 0 Å². The lowest BCUT2D eigenvalue weighted by Crippen LogP contribution is -2.33. The average molecular weight is 520 g/mol. The second-order valence-corrected chi connectivity index (χ2v) is 10.1. The number of aromatic nitrogens is 2. The molecule has 0 unspecified atom stereocenters. The third-order valence-electron chi connectivity index (χ3n) is 7.22. The average Bonchev–Trinajstić information content (AvgIpc) is 3.03. The van der Waals surface area contributed by atoms with E-state index in [0.717, 1.165) is 25.3 Å². The molecule has 0 radical (unpaired) electrons. The van der Waals surface area contributed by atoms with Gasteiger partial charge in [0.25, 0.3) is 0 Å². The summed E-state index contributed by atoms with van der Waals surface area (Å²) in [6, 6.07) is 47.4. The van der Waals surface area contributed by atoms with Crippen molar-refractivity contribution in [2.45, 2.75) is 19.6 Å². The van der Waals surface area contributed by atoms with Crippen molar-refractivity contribution in [1.82, 2.24) is 5.32 Å². The highest BCUT2D eigenvalue weighted by molar-refractivity contribution is 5.64. The smallest absolute Gasteiger partial charge is 0.210 e. The monoisotopic (exact) mass is 519 g/mol. The first-order valence-corrected chi connectivity index (χ1v) is 13.8. The van der Waals surface area contributed by atoms with Gasteiger partial charge in [-0.05, 0) is 45.5 Å². The zero-order valence-electron chi connectivity index (χ0n) is 22.5. The first kappa shape index (κ1) is 25.4. The molecule has 0 bridgehead atoms. The minimum atomic E-state index is 0.859. The van der Waals surface area contributed by atoms with Crippen LogP contribution in [0, 0.1) is 0 Å². The van der Waals surface area contributed by atoms with Gasteiger partial charge in [0.1, 0.15) is 0 Å². The molecule has 0 atom stereocenters. The molecule has 0 aliphatic heterocycles. The lowest BCUT2D eigenvalue weighted by Gasteiger charge is -2.07. The van der Waals surface area contributed by atoms with Gasteiger partial charge in [0.15, 0.2) is 31.3 Å². The minimum absolute atomic E-state index is 0.859. The molecule has 0 saturated carbocycles. The molecule has 40 heavy (non-hydrogen) atoms. The molecule has 0 saturated heterocycles. The zero-order valence-corrected chi connectivity index (χ0v) is 22.5. The van der Waals surface area contributed by atoms with E-state index in [1.807, 2.05) is 0 Å². The van der Waals surface area contributed by atoms with Crippen LogP contribution >= 0.6 is 0 Å². The standard InChI is InChI=1S/C37H33N3/c1-3-7-30(8-4-1)27-38-28-31-11-13-33(14-12-31)34-15-17-37(18-16-34)40-25-21-36(22-26-40)35-19-23-39(24-20-35)29-32-9-5-2-6-10-32/h1-26,38H,27-29H2/q+2. The van der Waals surface area contributed by atoms with Crippen LogP contribution in [0.5, 0.6) is 0 Å². The number of nitrogens with zero attached hydrogens (tertiary/aromatic N) is 2. The largest absolute Gasteiger partial charge is 0.309 e. The van der Waals surface area contributed by atoms with Crippen LogP contribution in [0.2, 0.25) is 0 Å². The zero-order chi connectivity index (χ0) is 27.0. The molecule has 4 aromatic carbocycles. The quantitative estimate of drug-likeness (QED) is 0.206. The van der Waals surface area contributed by atoms with Gasteiger partial charge < -0.3 is 5.32 Å². The maximum Gasteiger partial charge on any atom is 0.210 e. The van der Waals surface area contributed by atoms with E-state index in [1.54, 1.807) is 0 Å². The Balaban J connectivity index is 1.06. The van der Waals surface area contributed by atoms with E-state index in [9.17, 15) is 0 Å². The van der Waals surface area contributed by atoms with Gasteiger partial charge in [-0.25, -0.2) is 4.57 Å². The Labute approximate surface area is 236 Å². The lowest BCUT2D eigenvalue weighted by atomic mass is 10.0. The first-order chi connectivity index (χ1) is 19.8. The van der Waals surface area contributed by atoms with E-state index < -0.39 is 0 Å². The molecule has 3 nitrogen and oxygen atoms in total. The molecule has 0 spiro atoms. The lowest BCUT2D eigenvalue weighted by molar-refractivity contribution is -0.688. The van der Waals surface area contributed by atoms with Crippen LogP contribution in [-0.2, 0) is 19.6 Å². The Morgan fingerprint density at radius 3 is 1.43 bits per heavy atom. The Morgan fingerprint density at radius 2 is 0.850 bits per heavy atom.